The molecule has 6 nitrogen and oxygen atoms in total. The molecule has 0 aromatic rings. The van der Waals surface area contributed by atoms with Crippen molar-refractivity contribution in [2.75, 3.05) is 13.2 Å². The first-order valence-electron chi connectivity index (χ1n) is 33.4. The molecule has 0 saturated heterocycles. The van der Waals surface area contributed by atoms with Crippen LogP contribution in [-0.2, 0) is 14.3 Å². The standard InChI is InChI=1S/C67H131NO5/c1-3-5-7-9-11-13-15-17-19-21-22-23-24-25-26-27-29-31-35-39-43-47-51-55-59-65(70)64(63-69)68-66(71)60-56-52-48-44-40-36-32-30-34-38-42-46-50-54-58-62-73-67(72)61-57-53-49-45-41-37-33-28-20-18-16-14-12-10-8-6-4-2/h34,38,64-65,69-70H,3-33,35-37,39-63H2,1-2H3,(H,68,71)/b38-34-. The number of aliphatic hydroxyl groups is 2. The zero-order valence-corrected chi connectivity index (χ0v) is 49.6. The first-order valence-corrected chi connectivity index (χ1v) is 33.4. The normalized spacial score (nSPS) is 12.5. The minimum Gasteiger partial charge on any atom is -0.466 e. The molecule has 0 aromatic carbocycles. The van der Waals surface area contributed by atoms with E-state index < -0.39 is 12.1 Å². The van der Waals surface area contributed by atoms with Crippen LogP contribution in [0, 0.1) is 0 Å². The number of carbonyl (C=O) groups excluding carboxylic acids is 2. The van der Waals surface area contributed by atoms with E-state index >= 15 is 0 Å². The number of ether oxygens (including phenoxy) is 1. The number of hydrogen-bond acceptors (Lipinski definition) is 5. The minimum atomic E-state index is -0.675. The topological polar surface area (TPSA) is 95.9 Å². The second-order valence-electron chi connectivity index (χ2n) is 23.2. The predicted octanol–water partition coefficient (Wildman–Crippen LogP) is 21.2. The lowest BCUT2D eigenvalue weighted by Gasteiger charge is -2.22. The van der Waals surface area contributed by atoms with Gasteiger partial charge in [0.2, 0.25) is 5.91 Å². The first-order chi connectivity index (χ1) is 36.0. The number of esters is 1. The molecule has 0 radical (unpaired) electrons. The van der Waals surface area contributed by atoms with Crippen LogP contribution in [0.2, 0.25) is 0 Å². The third-order valence-corrected chi connectivity index (χ3v) is 15.8. The number of allylic oxidation sites excluding steroid dienone is 2. The quantitative estimate of drug-likeness (QED) is 0.0320. The van der Waals surface area contributed by atoms with E-state index in [0.717, 1.165) is 70.6 Å². The number of rotatable bonds is 63. The Labute approximate surface area is 457 Å². The number of unbranched alkanes of at least 4 members (excludes halogenated alkanes) is 50. The lowest BCUT2D eigenvalue weighted by molar-refractivity contribution is -0.143. The molecule has 1 amide bonds. The average Bonchev–Trinajstić information content (AvgIpc) is 3.39. The second kappa shape index (κ2) is 63.1. The first kappa shape index (κ1) is 71.6. The van der Waals surface area contributed by atoms with Crippen molar-refractivity contribution >= 4 is 11.9 Å². The van der Waals surface area contributed by atoms with Gasteiger partial charge in [0.15, 0.2) is 0 Å². The zero-order valence-electron chi connectivity index (χ0n) is 49.6. The highest BCUT2D eigenvalue weighted by Crippen LogP contribution is 2.19. The summed E-state index contributed by atoms with van der Waals surface area (Å²) < 4.78 is 5.48. The summed E-state index contributed by atoms with van der Waals surface area (Å²) in [5.74, 6) is -0.0499. The number of hydrogen-bond donors (Lipinski definition) is 3. The van der Waals surface area contributed by atoms with Crippen LogP contribution in [0.5, 0.6) is 0 Å². The monoisotopic (exact) mass is 1030 g/mol. The Morgan fingerprint density at radius 3 is 0.973 bits per heavy atom. The van der Waals surface area contributed by atoms with E-state index in [1.807, 2.05) is 0 Å². The largest absolute Gasteiger partial charge is 0.466 e. The summed E-state index contributed by atoms with van der Waals surface area (Å²) in [4.78, 5) is 24.6. The molecular formula is C67H131NO5. The molecule has 0 aliphatic rings. The SMILES string of the molecule is CCCCCCCCCCCCCCCCCCCCCCCCCCC(O)C(CO)NC(=O)CCCCCCCCC/C=C\CCCCCCOC(=O)CCCCCCCCCCCCCCCCCCC. The molecule has 2 unspecified atom stereocenters. The van der Waals surface area contributed by atoms with E-state index in [-0.39, 0.29) is 18.5 Å². The van der Waals surface area contributed by atoms with Gasteiger partial charge in [-0.15, -0.1) is 0 Å². The van der Waals surface area contributed by atoms with Crippen molar-refractivity contribution in [2.24, 2.45) is 0 Å². The van der Waals surface area contributed by atoms with Gasteiger partial charge in [-0.2, -0.15) is 0 Å². The summed E-state index contributed by atoms with van der Waals surface area (Å²) in [7, 11) is 0. The third-order valence-electron chi connectivity index (χ3n) is 15.8. The molecule has 0 aromatic heterocycles. The fourth-order valence-corrected chi connectivity index (χ4v) is 10.7. The summed E-state index contributed by atoms with van der Waals surface area (Å²) in [6, 6.07) is -0.554. The lowest BCUT2D eigenvalue weighted by Crippen LogP contribution is -2.45. The molecule has 0 heterocycles. The van der Waals surface area contributed by atoms with Gasteiger partial charge in [-0.1, -0.05) is 328 Å². The molecule has 0 saturated carbocycles. The number of carbonyl (C=O) groups is 2. The van der Waals surface area contributed by atoms with Gasteiger partial charge in [0.05, 0.1) is 25.4 Å². The molecule has 0 fully saturated rings. The molecular weight excluding hydrogens is 899 g/mol. The lowest BCUT2D eigenvalue weighted by atomic mass is 10.0. The van der Waals surface area contributed by atoms with Crippen LogP contribution in [0.25, 0.3) is 0 Å². The van der Waals surface area contributed by atoms with Crippen molar-refractivity contribution < 1.29 is 24.5 Å². The van der Waals surface area contributed by atoms with Gasteiger partial charge < -0.3 is 20.3 Å². The number of aliphatic hydroxyl groups excluding tert-OH is 2. The van der Waals surface area contributed by atoms with Crippen LogP contribution < -0.4 is 5.32 Å². The maximum atomic E-state index is 12.5. The summed E-state index contributed by atoms with van der Waals surface area (Å²) >= 11 is 0. The van der Waals surface area contributed by atoms with E-state index in [1.54, 1.807) is 0 Å². The van der Waals surface area contributed by atoms with E-state index in [0.29, 0.717) is 25.9 Å². The summed E-state index contributed by atoms with van der Waals surface area (Å²) in [6.45, 7) is 4.96. The van der Waals surface area contributed by atoms with Gasteiger partial charge in [0.1, 0.15) is 0 Å². The van der Waals surface area contributed by atoms with Crippen molar-refractivity contribution in [2.45, 2.75) is 392 Å². The van der Waals surface area contributed by atoms with Crippen LogP contribution in [0.3, 0.4) is 0 Å². The fourth-order valence-electron chi connectivity index (χ4n) is 10.7. The molecule has 0 bridgehead atoms. The Morgan fingerprint density at radius 2 is 0.644 bits per heavy atom. The summed E-state index contributed by atoms with van der Waals surface area (Å²) in [6.07, 6.45) is 76.6. The average molecular weight is 1030 g/mol. The Morgan fingerprint density at radius 1 is 0.370 bits per heavy atom. The Hall–Kier alpha value is -1.40. The van der Waals surface area contributed by atoms with Crippen LogP contribution in [0.15, 0.2) is 12.2 Å². The van der Waals surface area contributed by atoms with Crippen LogP contribution in [0.1, 0.15) is 380 Å². The second-order valence-corrected chi connectivity index (χ2v) is 23.2. The van der Waals surface area contributed by atoms with Gasteiger partial charge in [-0.25, -0.2) is 0 Å². The van der Waals surface area contributed by atoms with E-state index in [2.05, 4.69) is 31.3 Å². The van der Waals surface area contributed by atoms with E-state index in [1.165, 1.54) is 276 Å². The van der Waals surface area contributed by atoms with Gasteiger partial charge in [-0.3, -0.25) is 9.59 Å². The fraction of sp³-hybridized carbons (Fsp3) is 0.940. The van der Waals surface area contributed by atoms with Crippen LogP contribution in [-0.4, -0.2) is 47.4 Å². The van der Waals surface area contributed by atoms with Gasteiger partial charge >= 0.3 is 5.97 Å². The summed E-state index contributed by atoms with van der Waals surface area (Å²) in [5.41, 5.74) is 0. The maximum absolute atomic E-state index is 12.5. The third kappa shape index (κ3) is 59.7. The Kier molecular flexibility index (Phi) is 61.9. The smallest absolute Gasteiger partial charge is 0.305 e. The maximum Gasteiger partial charge on any atom is 0.305 e. The van der Waals surface area contributed by atoms with Crippen LogP contribution in [0.4, 0.5) is 0 Å². The number of nitrogens with one attached hydrogen (secondary N) is 1. The molecule has 73 heavy (non-hydrogen) atoms. The summed E-state index contributed by atoms with van der Waals surface area (Å²) in [5, 5.41) is 23.4. The van der Waals surface area contributed by atoms with Crippen molar-refractivity contribution in [1.29, 1.82) is 0 Å². The van der Waals surface area contributed by atoms with Gasteiger partial charge in [0.25, 0.3) is 0 Å². The van der Waals surface area contributed by atoms with Crippen molar-refractivity contribution in [3.05, 3.63) is 12.2 Å². The highest BCUT2D eigenvalue weighted by atomic mass is 16.5. The molecule has 0 aliphatic heterocycles. The Balaban J connectivity index is 3.44. The molecule has 0 spiro atoms. The molecule has 0 rings (SSSR count). The minimum absolute atomic E-state index is 0.00466. The van der Waals surface area contributed by atoms with Gasteiger partial charge in [0, 0.05) is 12.8 Å². The highest BCUT2D eigenvalue weighted by Gasteiger charge is 2.20. The highest BCUT2D eigenvalue weighted by molar-refractivity contribution is 5.76. The van der Waals surface area contributed by atoms with Crippen molar-refractivity contribution in [1.82, 2.24) is 5.32 Å². The van der Waals surface area contributed by atoms with Crippen LogP contribution >= 0.6 is 0 Å². The molecule has 2 atom stereocenters. The van der Waals surface area contributed by atoms with Crippen molar-refractivity contribution in [3.8, 4) is 0 Å². The molecule has 434 valence electrons. The van der Waals surface area contributed by atoms with E-state index in [4.69, 9.17) is 4.74 Å². The zero-order chi connectivity index (χ0) is 52.9. The molecule has 6 heteroatoms. The van der Waals surface area contributed by atoms with E-state index in [9.17, 15) is 19.8 Å². The Bertz CT molecular complexity index is 1100. The molecule has 3 N–H and O–H groups in total. The predicted molar refractivity (Wildman–Crippen MR) is 320 cm³/mol. The molecule has 0 aliphatic carbocycles. The van der Waals surface area contributed by atoms with Gasteiger partial charge in [-0.05, 0) is 51.4 Å². The number of amides is 1. The van der Waals surface area contributed by atoms with Crippen molar-refractivity contribution in [3.63, 3.8) is 0 Å².